The first kappa shape index (κ1) is 8.68. The third-order valence-electron chi connectivity index (χ3n) is 2.43. The Labute approximate surface area is 88.9 Å². The third-order valence-corrected chi connectivity index (χ3v) is 2.86. The molecule has 2 N–H and O–H groups in total. The lowest BCUT2D eigenvalue weighted by molar-refractivity contribution is 1.08. The number of aliphatic imine (C=N–C) groups is 1. The van der Waals surface area contributed by atoms with Crippen molar-refractivity contribution in [2.45, 2.75) is 0 Å². The standard InChI is InChI=1S/C9H10N5P/c15-14-2-1-7-8(6-3-12-13-4-6)10-5-11-9(7)14/h1-4,11H,5,15H2,(H,12,13). The van der Waals surface area contributed by atoms with E-state index in [1.54, 1.807) is 6.20 Å². The van der Waals surface area contributed by atoms with Crippen molar-refractivity contribution >= 4 is 20.9 Å². The molecule has 0 saturated heterocycles. The molecule has 1 unspecified atom stereocenters. The number of H-pyrrole nitrogens is 1. The zero-order chi connectivity index (χ0) is 10.3. The van der Waals surface area contributed by atoms with E-state index >= 15 is 0 Å². The van der Waals surface area contributed by atoms with E-state index in [1.807, 2.05) is 22.8 Å². The number of nitrogens with zero attached hydrogens (tertiary/aromatic N) is 3. The van der Waals surface area contributed by atoms with Crippen LogP contribution in [-0.4, -0.2) is 26.9 Å². The van der Waals surface area contributed by atoms with Gasteiger partial charge in [0.05, 0.1) is 11.9 Å². The number of rotatable bonds is 1. The van der Waals surface area contributed by atoms with E-state index in [1.165, 1.54) is 0 Å². The highest BCUT2D eigenvalue weighted by Gasteiger charge is 2.18. The van der Waals surface area contributed by atoms with Crippen LogP contribution < -0.4 is 5.32 Å². The van der Waals surface area contributed by atoms with Gasteiger partial charge in [0.15, 0.2) is 0 Å². The maximum Gasteiger partial charge on any atom is 0.119 e. The van der Waals surface area contributed by atoms with Crippen LogP contribution in [0.4, 0.5) is 5.82 Å². The number of aromatic amines is 1. The quantitative estimate of drug-likeness (QED) is 0.705. The molecule has 1 atom stereocenters. The maximum absolute atomic E-state index is 4.45. The van der Waals surface area contributed by atoms with Gasteiger partial charge in [0.1, 0.15) is 12.5 Å². The van der Waals surface area contributed by atoms with Crippen molar-refractivity contribution in [2.75, 3.05) is 12.0 Å². The van der Waals surface area contributed by atoms with Crippen molar-refractivity contribution in [3.8, 4) is 0 Å². The Morgan fingerprint density at radius 1 is 1.47 bits per heavy atom. The average molecular weight is 219 g/mol. The van der Waals surface area contributed by atoms with Crippen molar-refractivity contribution in [2.24, 2.45) is 4.99 Å². The monoisotopic (exact) mass is 219 g/mol. The smallest absolute Gasteiger partial charge is 0.119 e. The molecule has 0 spiro atoms. The van der Waals surface area contributed by atoms with Gasteiger partial charge < -0.3 is 9.65 Å². The Balaban J connectivity index is 2.15. The van der Waals surface area contributed by atoms with Crippen molar-refractivity contribution < 1.29 is 0 Å². The van der Waals surface area contributed by atoms with E-state index < -0.39 is 0 Å². The second-order valence-corrected chi connectivity index (χ2v) is 3.87. The molecule has 2 aromatic heterocycles. The fraction of sp³-hybridized carbons (Fsp3) is 0.111. The lowest BCUT2D eigenvalue weighted by atomic mass is 10.1. The van der Waals surface area contributed by atoms with Crippen LogP contribution in [0.2, 0.25) is 0 Å². The summed E-state index contributed by atoms with van der Waals surface area (Å²) >= 11 is 0. The van der Waals surface area contributed by atoms with Crippen LogP contribution in [-0.2, 0) is 0 Å². The van der Waals surface area contributed by atoms with Crippen molar-refractivity contribution in [1.82, 2.24) is 14.5 Å². The molecule has 5 nitrogen and oxygen atoms in total. The van der Waals surface area contributed by atoms with Gasteiger partial charge >= 0.3 is 0 Å². The highest BCUT2D eigenvalue weighted by molar-refractivity contribution is 7.14. The first-order valence-corrected chi connectivity index (χ1v) is 5.12. The van der Waals surface area contributed by atoms with Crippen molar-refractivity contribution in [3.63, 3.8) is 0 Å². The van der Waals surface area contributed by atoms with Gasteiger partial charge in [-0.3, -0.25) is 10.1 Å². The van der Waals surface area contributed by atoms with Crippen LogP contribution in [0.5, 0.6) is 0 Å². The average Bonchev–Trinajstić information content (AvgIpc) is 2.88. The molecule has 0 aromatic carbocycles. The summed E-state index contributed by atoms with van der Waals surface area (Å²) in [5.41, 5.74) is 3.12. The highest BCUT2D eigenvalue weighted by Crippen LogP contribution is 2.25. The van der Waals surface area contributed by atoms with Gasteiger partial charge in [-0.05, 0) is 15.5 Å². The summed E-state index contributed by atoms with van der Waals surface area (Å²) in [6, 6.07) is 2.04. The number of hydrogen-bond acceptors (Lipinski definition) is 3. The minimum absolute atomic E-state index is 0.603. The predicted molar refractivity (Wildman–Crippen MR) is 62.3 cm³/mol. The Bertz CT molecular complexity index is 511. The molecule has 3 rings (SSSR count). The first-order chi connectivity index (χ1) is 7.36. The topological polar surface area (TPSA) is 58.0 Å². The van der Waals surface area contributed by atoms with E-state index in [4.69, 9.17) is 0 Å². The summed E-state index contributed by atoms with van der Waals surface area (Å²) in [4.78, 5) is 4.45. The predicted octanol–water partition coefficient (Wildman–Crippen LogP) is 1.07. The molecule has 1 aliphatic heterocycles. The van der Waals surface area contributed by atoms with E-state index in [9.17, 15) is 0 Å². The van der Waals surface area contributed by atoms with Gasteiger partial charge in [-0.2, -0.15) is 5.10 Å². The zero-order valence-electron chi connectivity index (χ0n) is 7.94. The molecule has 0 saturated carbocycles. The van der Waals surface area contributed by atoms with E-state index in [2.05, 4.69) is 29.9 Å². The number of nitrogens with one attached hydrogen (secondary N) is 2. The Morgan fingerprint density at radius 2 is 2.40 bits per heavy atom. The van der Waals surface area contributed by atoms with Crippen molar-refractivity contribution in [3.05, 3.63) is 35.8 Å². The molecule has 1 aliphatic rings. The lowest BCUT2D eigenvalue weighted by Gasteiger charge is -2.15. The summed E-state index contributed by atoms with van der Waals surface area (Å²) in [7, 11) is 2.64. The largest absolute Gasteiger partial charge is 0.352 e. The third kappa shape index (κ3) is 1.27. The minimum Gasteiger partial charge on any atom is -0.352 e. The molecule has 0 radical (unpaired) electrons. The lowest BCUT2D eigenvalue weighted by Crippen LogP contribution is -2.15. The van der Waals surface area contributed by atoms with Gasteiger partial charge in [-0.1, -0.05) is 0 Å². The molecule has 2 aromatic rings. The van der Waals surface area contributed by atoms with Crippen LogP contribution in [0.3, 0.4) is 0 Å². The van der Waals surface area contributed by atoms with Gasteiger partial charge in [0.25, 0.3) is 0 Å². The van der Waals surface area contributed by atoms with Gasteiger partial charge in [0, 0.05) is 23.5 Å². The number of fused-ring (bicyclic) bond motifs is 1. The Kier molecular flexibility index (Phi) is 1.86. The second-order valence-electron chi connectivity index (χ2n) is 3.31. The first-order valence-electron chi connectivity index (χ1n) is 4.60. The fourth-order valence-electron chi connectivity index (χ4n) is 1.73. The molecular weight excluding hydrogens is 209 g/mol. The normalized spacial score (nSPS) is 14.3. The molecular formula is C9H10N5P. The summed E-state index contributed by atoms with van der Waals surface area (Å²) in [5, 5.41) is 9.97. The summed E-state index contributed by atoms with van der Waals surface area (Å²) in [6.07, 6.45) is 5.63. The van der Waals surface area contributed by atoms with Crippen LogP contribution in [0.1, 0.15) is 11.1 Å². The Morgan fingerprint density at radius 3 is 3.20 bits per heavy atom. The number of anilines is 1. The second kappa shape index (κ2) is 3.21. The molecule has 0 aliphatic carbocycles. The molecule has 15 heavy (non-hydrogen) atoms. The highest BCUT2D eigenvalue weighted by atomic mass is 31.0. The number of hydrogen-bond donors (Lipinski definition) is 2. The van der Waals surface area contributed by atoms with Crippen LogP contribution in [0.15, 0.2) is 29.6 Å². The van der Waals surface area contributed by atoms with Gasteiger partial charge in [-0.15, -0.1) is 0 Å². The Hall–Kier alpha value is -1.61. The summed E-state index contributed by atoms with van der Waals surface area (Å²) in [5.74, 6) is 1.08. The van der Waals surface area contributed by atoms with E-state index in [0.717, 1.165) is 22.7 Å². The summed E-state index contributed by atoms with van der Waals surface area (Å²) < 4.78 is 1.98. The van der Waals surface area contributed by atoms with Gasteiger partial charge in [0.2, 0.25) is 0 Å². The van der Waals surface area contributed by atoms with Crippen LogP contribution in [0, 0.1) is 0 Å². The molecule has 0 bridgehead atoms. The maximum atomic E-state index is 4.45. The molecule has 6 heteroatoms. The van der Waals surface area contributed by atoms with Crippen molar-refractivity contribution in [1.29, 1.82) is 0 Å². The van der Waals surface area contributed by atoms with Crippen LogP contribution in [0.25, 0.3) is 0 Å². The van der Waals surface area contributed by atoms with Crippen LogP contribution >= 0.6 is 9.39 Å². The molecule has 0 fully saturated rings. The molecule has 76 valence electrons. The van der Waals surface area contributed by atoms with Gasteiger partial charge in [-0.25, -0.2) is 0 Å². The SMILES string of the molecule is Pn1ccc2c1NCN=C2c1cn[nH]c1. The summed E-state index contributed by atoms with van der Waals surface area (Å²) in [6.45, 7) is 0.603. The van der Waals surface area contributed by atoms with E-state index in [0.29, 0.717) is 6.67 Å². The zero-order valence-corrected chi connectivity index (χ0v) is 9.09. The number of aromatic nitrogens is 3. The molecule has 0 amide bonds. The molecule has 3 heterocycles. The van der Waals surface area contributed by atoms with E-state index in [-0.39, 0.29) is 0 Å². The minimum atomic E-state index is 0.603. The fourth-order valence-corrected chi connectivity index (χ4v) is 2.05.